The molecule has 0 fully saturated rings. The fourth-order valence-corrected chi connectivity index (χ4v) is 1.90. The van der Waals surface area contributed by atoms with Gasteiger partial charge in [-0.2, -0.15) is 5.10 Å². The van der Waals surface area contributed by atoms with Gasteiger partial charge < -0.3 is 5.32 Å². The zero-order chi connectivity index (χ0) is 13.1. The average Bonchev–Trinajstić information content (AvgIpc) is 2.58. The largest absolute Gasteiger partial charge is 0.307 e. The van der Waals surface area contributed by atoms with Crippen LogP contribution in [0.4, 0.5) is 0 Å². The van der Waals surface area contributed by atoms with Crippen LogP contribution in [0.15, 0.2) is 12.4 Å². The molecule has 0 saturated heterocycles. The summed E-state index contributed by atoms with van der Waals surface area (Å²) in [5.74, 6) is 0. The molecule has 2 aromatic heterocycles. The van der Waals surface area contributed by atoms with Crippen molar-refractivity contribution in [1.82, 2.24) is 25.1 Å². The smallest absolute Gasteiger partial charge is 0.0724 e. The number of aromatic nitrogens is 4. The predicted octanol–water partition coefficient (Wildman–Crippen LogP) is 1.43. The monoisotopic (exact) mass is 245 g/mol. The van der Waals surface area contributed by atoms with Gasteiger partial charge in [-0.25, -0.2) is 0 Å². The number of rotatable bonds is 4. The lowest BCUT2D eigenvalue weighted by molar-refractivity contribution is 0.668. The number of nitrogens with zero attached hydrogens (tertiary/aromatic N) is 4. The van der Waals surface area contributed by atoms with E-state index in [2.05, 4.69) is 27.3 Å². The summed E-state index contributed by atoms with van der Waals surface area (Å²) in [6, 6.07) is 0. The topological polar surface area (TPSA) is 55.6 Å². The van der Waals surface area contributed by atoms with Crippen molar-refractivity contribution in [2.45, 2.75) is 33.9 Å². The van der Waals surface area contributed by atoms with E-state index < -0.39 is 0 Å². The van der Waals surface area contributed by atoms with Crippen LogP contribution in [0, 0.1) is 20.8 Å². The predicted molar refractivity (Wildman–Crippen MR) is 70.0 cm³/mol. The van der Waals surface area contributed by atoms with Gasteiger partial charge in [0.15, 0.2) is 0 Å². The van der Waals surface area contributed by atoms with E-state index in [-0.39, 0.29) is 0 Å². The minimum atomic E-state index is 0.723. The normalized spacial score (nSPS) is 10.9. The summed E-state index contributed by atoms with van der Waals surface area (Å²) in [6.45, 7) is 7.59. The Morgan fingerprint density at radius 2 is 1.89 bits per heavy atom. The Balaban J connectivity index is 1.94. The Morgan fingerprint density at radius 3 is 2.44 bits per heavy atom. The first kappa shape index (κ1) is 12.7. The molecule has 5 nitrogen and oxygen atoms in total. The Kier molecular flexibility index (Phi) is 3.72. The first-order valence-electron chi connectivity index (χ1n) is 6.05. The first-order valence-corrected chi connectivity index (χ1v) is 6.05. The molecule has 2 rings (SSSR count). The third kappa shape index (κ3) is 2.73. The summed E-state index contributed by atoms with van der Waals surface area (Å²) < 4.78 is 1.91. The number of aryl methyl sites for hydroxylation is 3. The maximum Gasteiger partial charge on any atom is 0.0724 e. The van der Waals surface area contributed by atoms with E-state index in [9.17, 15) is 0 Å². The van der Waals surface area contributed by atoms with Crippen LogP contribution in [0.25, 0.3) is 0 Å². The second-order valence-corrected chi connectivity index (χ2v) is 4.53. The first-order chi connectivity index (χ1) is 8.58. The molecule has 0 aromatic carbocycles. The maximum absolute atomic E-state index is 4.40. The van der Waals surface area contributed by atoms with Crippen LogP contribution in [-0.4, -0.2) is 19.7 Å². The fourth-order valence-electron chi connectivity index (χ4n) is 1.90. The second-order valence-electron chi connectivity index (χ2n) is 4.53. The summed E-state index contributed by atoms with van der Waals surface area (Å²) >= 11 is 0. The molecule has 2 heterocycles. The van der Waals surface area contributed by atoms with Crippen molar-refractivity contribution in [3.63, 3.8) is 0 Å². The van der Waals surface area contributed by atoms with Crippen LogP contribution in [0.1, 0.15) is 28.3 Å². The number of hydrogen-bond acceptors (Lipinski definition) is 4. The third-order valence-corrected chi connectivity index (χ3v) is 3.10. The van der Waals surface area contributed by atoms with E-state index in [4.69, 9.17) is 0 Å². The summed E-state index contributed by atoms with van der Waals surface area (Å²) in [5.41, 5.74) is 5.45. The molecular formula is C13H19N5. The molecule has 0 aliphatic heterocycles. The Morgan fingerprint density at radius 1 is 1.11 bits per heavy atom. The maximum atomic E-state index is 4.40. The molecule has 0 unspecified atom stereocenters. The SMILES string of the molecule is Cc1cnc(CNCc2c(C)nn(C)c2C)cn1. The zero-order valence-corrected chi connectivity index (χ0v) is 11.4. The molecule has 0 aliphatic carbocycles. The van der Waals surface area contributed by atoms with E-state index in [0.717, 1.165) is 30.2 Å². The van der Waals surface area contributed by atoms with Gasteiger partial charge in [0, 0.05) is 43.8 Å². The Hall–Kier alpha value is -1.75. The Labute approximate surface area is 107 Å². The highest BCUT2D eigenvalue weighted by Gasteiger charge is 2.08. The number of hydrogen-bond donors (Lipinski definition) is 1. The van der Waals surface area contributed by atoms with Crippen molar-refractivity contribution < 1.29 is 0 Å². The lowest BCUT2D eigenvalue weighted by atomic mass is 10.2. The van der Waals surface area contributed by atoms with Gasteiger partial charge in [-0.15, -0.1) is 0 Å². The van der Waals surface area contributed by atoms with Crippen LogP contribution < -0.4 is 5.32 Å². The van der Waals surface area contributed by atoms with Gasteiger partial charge >= 0.3 is 0 Å². The van der Waals surface area contributed by atoms with Crippen LogP contribution >= 0.6 is 0 Å². The fraction of sp³-hybridized carbons (Fsp3) is 0.462. The molecule has 18 heavy (non-hydrogen) atoms. The van der Waals surface area contributed by atoms with Gasteiger partial charge in [-0.05, 0) is 20.8 Å². The van der Waals surface area contributed by atoms with Crippen LogP contribution in [0.3, 0.4) is 0 Å². The standard InChI is InChI=1S/C13H19N5/c1-9-5-16-12(7-15-9)6-14-8-13-10(2)17-18(4)11(13)3/h5,7,14H,6,8H2,1-4H3. The van der Waals surface area contributed by atoms with Crippen LogP contribution in [0.5, 0.6) is 0 Å². The van der Waals surface area contributed by atoms with Gasteiger partial charge in [0.25, 0.3) is 0 Å². The summed E-state index contributed by atoms with van der Waals surface area (Å²) in [4.78, 5) is 8.54. The molecule has 2 aromatic rings. The molecule has 0 radical (unpaired) electrons. The van der Waals surface area contributed by atoms with Crippen molar-refractivity contribution in [2.24, 2.45) is 7.05 Å². The highest BCUT2D eigenvalue weighted by atomic mass is 15.3. The molecule has 0 atom stereocenters. The van der Waals surface area contributed by atoms with Crippen molar-refractivity contribution in [1.29, 1.82) is 0 Å². The molecular weight excluding hydrogens is 226 g/mol. The molecule has 1 N–H and O–H groups in total. The minimum Gasteiger partial charge on any atom is -0.307 e. The third-order valence-electron chi connectivity index (χ3n) is 3.10. The molecule has 0 spiro atoms. The van der Waals surface area contributed by atoms with Gasteiger partial charge in [0.1, 0.15) is 0 Å². The van der Waals surface area contributed by atoms with Crippen LogP contribution in [0.2, 0.25) is 0 Å². The molecule has 0 saturated carbocycles. The van der Waals surface area contributed by atoms with Crippen molar-refractivity contribution >= 4 is 0 Å². The summed E-state index contributed by atoms with van der Waals surface area (Å²) in [7, 11) is 1.97. The van der Waals surface area contributed by atoms with E-state index in [1.165, 1.54) is 11.3 Å². The lowest BCUT2D eigenvalue weighted by Crippen LogP contribution is -2.15. The molecule has 0 bridgehead atoms. The van der Waals surface area contributed by atoms with Crippen molar-refractivity contribution in [3.05, 3.63) is 40.7 Å². The van der Waals surface area contributed by atoms with E-state index in [0.29, 0.717) is 0 Å². The summed E-state index contributed by atoms with van der Waals surface area (Å²) in [5, 5.41) is 7.77. The quantitative estimate of drug-likeness (QED) is 0.885. The van der Waals surface area contributed by atoms with Gasteiger partial charge in [-0.3, -0.25) is 14.6 Å². The highest BCUT2D eigenvalue weighted by Crippen LogP contribution is 2.11. The van der Waals surface area contributed by atoms with Gasteiger partial charge in [-0.1, -0.05) is 0 Å². The molecule has 0 amide bonds. The molecule has 0 aliphatic rings. The van der Waals surface area contributed by atoms with E-state index in [1.54, 1.807) is 6.20 Å². The van der Waals surface area contributed by atoms with Gasteiger partial charge in [0.05, 0.1) is 17.1 Å². The van der Waals surface area contributed by atoms with E-state index in [1.807, 2.05) is 31.8 Å². The zero-order valence-electron chi connectivity index (χ0n) is 11.4. The number of nitrogens with one attached hydrogen (secondary N) is 1. The second kappa shape index (κ2) is 5.27. The van der Waals surface area contributed by atoms with Gasteiger partial charge in [0.2, 0.25) is 0 Å². The average molecular weight is 245 g/mol. The molecule has 5 heteroatoms. The minimum absolute atomic E-state index is 0.723. The van der Waals surface area contributed by atoms with Crippen LogP contribution in [-0.2, 0) is 20.1 Å². The lowest BCUT2D eigenvalue weighted by Gasteiger charge is -2.05. The Bertz CT molecular complexity index is 527. The highest BCUT2D eigenvalue weighted by molar-refractivity contribution is 5.24. The summed E-state index contributed by atoms with van der Waals surface area (Å²) in [6.07, 6.45) is 3.60. The van der Waals surface area contributed by atoms with Crippen molar-refractivity contribution in [3.8, 4) is 0 Å². The van der Waals surface area contributed by atoms with E-state index >= 15 is 0 Å². The molecule has 96 valence electrons. The van der Waals surface area contributed by atoms with Crippen molar-refractivity contribution in [2.75, 3.05) is 0 Å².